The van der Waals surface area contributed by atoms with E-state index in [4.69, 9.17) is 23.6 Å². The summed E-state index contributed by atoms with van der Waals surface area (Å²) in [6.45, 7) is 2.42. The van der Waals surface area contributed by atoms with Gasteiger partial charge in [-0.1, -0.05) is 205 Å². The van der Waals surface area contributed by atoms with Crippen LogP contribution >= 0.6 is 7.82 Å². The van der Waals surface area contributed by atoms with Crippen molar-refractivity contribution in [2.45, 2.75) is 270 Å². The Hall–Kier alpha value is -1.55. The number of aliphatic hydroxyl groups is 2. The quantitative estimate of drug-likeness (QED) is 0.0233. The highest BCUT2D eigenvalue weighted by Gasteiger charge is 2.27. The lowest BCUT2D eigenvalue weighted by Gasteiger charge is -2.20. The maximum Gasteiger partial charge on any atom is 0.472 e. The number of ether oxygens (including phenoxy) is 2. The molecule has 0 radical (unpaired) electrons. The predicted molar refractivity (Wildman–Crippen MR) is 261 cm³/mol. The van der Waals surface area contributed by atoms with E-state index in [-0.39, 0.29) is 19.4 Å². The third kappa shape index (κ3) is 48.2. The van der Waals surface area contributed by atoms with E-state index in [1.165, 1.54) is 180 Å². The van der Waals surface area contributed by atoms with Crippen molar-refractivity contribution in [1.29, 1.82) is 0 Å². The van der Waals surface area contributed by atoms with Gasteiger partial charge in [-0.25, -0.2) is 4.57 Å². The monoisotopic (exact) mass is 915 g/mol. The first-order valence-corrected chi connectivity index (χ1v) is 27.8. The molecule has 0 bridgehead atoms. The van der Waals surface area contributed by atoms with Gasteiger partial charge in [0.2, 0.25) is 0 Å². The number of hydrogen-bond acceptors (Lipinski definition) is 9. The van der Waals surface area contributed by atoms with E-state index in [0.717, 1.165) is 38.5 Å². The first-order chi connectivity index (χ1) is 30.7. The number of unbranched alkanes of at least 4 members (excludes halogenated alkanes) is 32. The number of aliphatic hydroxyl groups excluding tert-OH is 2. The zero-order chi connectivity index (χ0) is 46.2. The van der Waals surface area contributed by atoms with Crippen LogP contribution in [0, 0.1) is 0 Å². The van der Waals surface area contributed by atoms with E-state index in [1.54, 1.807) is 0 Å². The van der Waals surface area contributed by atoms with Crippen LogP contribution in [0.1, 0.15) is 258 Å². The van der Waals surface area contributed by atoms with Gasteiger partial charge in [-0.2, -0.15) is 0 Å². The molecule has 0 aromatic heterocycles. The maximum absolute atomic E-state index is 12.7. The number of carbonyl (C=O) groups is 2. The molecule has 0 saturated heterocycles. The second-order valence-electron chi connectivity index (χ2n) is 17.9. The van der Waals surface area contributed by atoms with Gasteiger partial charge in [0, 0.05) is 12.8 Å². The third-order valence-electron chi connectivity index (χ3n) is 11.6. The summed E-state index contributed by atoms with van der Waals surface area (Å²) in [5, 5.41) is 18.4. The van der Waals surface area contributed by atoms with Crippen molar-refractivity contribution in [2.24, 2.45) is 0 Å². The van der Waals surface area contributed by atoms with Gasteiger partial charge in [-0.05, 0) is 64.2 Å². The van der Waals surface area contributed by atoms with E-state index in [9.17, 15) is 24.2 Å². The molecule has 0 rings (SSSR count). The second-order valence-corrected chi connectivity index (χ2v) is 19.3. The van der Waals surface area contributed by atoms with Gasteiger partial charge in [-0.15, -0.1) is 0 Å². The molecule has 11 heteroatoms. The van der Waals surface area contributed by atoms with Gasteiger partial charge in [0.05, 0.1) is 19.8 Å². The van der Waals surface area contributed by atoms with Crippen LogP contribution in [0.25, 0.3) is 0 Å². The first-order valence-electron chi connectivity index (χ1n) is 26.3. The summed E-state index contributed by atoms with van der Waals surface area (Å²) in [5.41, 5.74) is 0. The number of rotatable bonds is 50. The van der Waals surface area contributed by atoms with E-state index >= 15 is 0 Å². The lowest BCUT2D eigenvalue weighted by molar-refractivity contribution is -0.161. The lowest BCUT2D eigenvalue weighted by atomic mass is 10.0. The molecule has 3 N–H and O–H groups in total. The van der Waals surface area contributed by atoms with Gasteiger partial charge in [0.15, 0.2) is 6.10 Å². The van der Waals surface area contributed by atoms with Crippen LogP contribution in [-0.4, -0.2) is 65.7 Å². The summed E-state index contributed by atoms with van der Waals surface area (Å²) < 4.78 is 32.9. The zero-order valence-corrected chi connectivity index (χ0v) is 41.7. The van der Waals surface area contributed by atoms with Crippen molar-refractivity contribution >= 4 is 19.8 Å². The highest BCUT2D eigenvalue weighted by atomic mass is 31.2. The van der Waals surface area contributed by atoms with Gasteiger partial charge < -0.3 is 24.6 Å². The molecule has 0 heterocycles. The summed E-state index contributed by atoms with van der Waals surface area (Å²) in [6.07, 6.45) is 51.4. The van der Waals surface area contributed by atoms with Crippen LogP contribution in [0.3, 0.4) is 0 Å². The van der Waals surface area contributed by atoms with E-state index in [0.29, 0.717) is 12.8 Å². The van der Waals surface area contributed by atoms with Crippen LogP contribution in [0.15, 0.2) is 24.3 Å². The van der Waals surface area contributed by atoms with Gasteiger partial charge in [0.25, 0.3) is 0 Å². The molecule has 372 valence electrons. The van der Waals surface area contributed by atoms with Crippen LogP contribution in [-0.2, 0) is 32.7 Å². The van der Waals surface area contributed by atoms with Crippen LogP contribution in [0.4, 0.5) is 0 Å². The zero-order valence-electron chi connectivity index (χ0n) is 40.8. The minimum atomic E-state index is -4.62. The van der Waals surface area contributed by atoms with Crippen LogP contribution < -0.4 is 0 Å². The molecule has 0 aliphatic heterocycles. The Morgan fingerprint density at radius 3 is 1.14 bits per heavy atom. The van der Waals surface area contributed by atoms with Crippen molar-refractivity contribution < 1.29 is 47.8 Å². The van der Waals surface area contributed by atoms with Crippen molar-refractivity contribution in [3.05, 3.63) is 24.3 Å². The fourth-order valence-electron chi connectivity index (χ4n) is 7.51. The molecule has 0 spiro atoms. The molecule has 63 heavy (non-hydrogen) atoms. The third-order valence-corrected chi connectivity index (χ3v) is 12.5. The Kier molecular flexibility index (Phi) is 47.2. The van der Waals surface area contributed by atoms with Gasteiger partial charge in [-0.3, -0.25) is 18.6 Å². The highest BCUT2D eigenvalue weighted by Crippen LogP contribution is 2.43. The lowest BCUT2D eigenvalue weighted by Crippen LogP contribution is -2.29. The van der Waals surface area contributed by atoms with Crippen molar-refractivity contribution in [1.82, 2.24) is 0 Å². The highest BCUT2D eigenvalue weighted by molar-refractivity contribution is 7.47. The minimum Gasteiger partial charge on any atom is -0.462 e. The average molecular weight is 915 g/mol. The Bertz CT molecular complexity index is 1100. The van der Waals surface area contributed by atoms with Crippen LogP contribution in [0.5, 0.6) is 0 Å². The molecular formula is C52H99O10P. The standard InChI is InChI=1S/C52H99O10P/c1-3-5-7-9-11-13-15-17-19-21-23-24-26-28-30-32-34-36-38-40-42-44-52(56)62-50(48-61-63(57,58)60-46-49(54)45-53)47-59-51(55)43-41-39-37-35-33-31-29-27-25-22-20-18-16-14-12-10-8-6-4-2/h17-20,49-50,53-54H,3-16,21-48H2,1-2H3,(H,57,58)/b19-17+,20-18+/t49-,50+/m0/s1. The summed E-state index contributed by atoms with van der Waals surface area (Å²) in [7, 11) is -4.62. The molecule has 0 aromatic rings. The molecular weight excluding hydrogens is 816 g/mol. The Balaban J connectivity index is 4.15. The molecule has 0 saturated carbocycles. The first kappa shape index (κ1) is 61.5. The van der Waals surface area contributed by atoms with E-state index in [1.807, 2.05) is 0 Å². The van der Waals surface area contributed by atoms with Crippen molar-refractivity contribution in [3.8, 4) is 0 Å². The number of hydrogen-bond donors (Lipinski definition) is 3. The summed E-state index contributed by atoms with van der Waals surface area (Å²) in [5.74, 6) is -0.915. The second kappa shape index (κ2) is 48.4. The Morgan fingerprint density at radius 2 is 0.778 bits per heavy atom. The minimum absolute atomic E-state index is 0.186. The predicted octanol–water partition coefficient (Wildman–Crippen LogP) is 14.9. The fraction of sp³-hybridized carbons (Fsp3) is 0.885. The molecule has 0 fully saturated rings. The summed E-state index contributed by atoms with van der Waals surface area (Å²) in [4.78, 5) is 35.2. The van der Waals surface area contributed by atoms with Crippen molar-refractivity contribution in [2.75, 3.05) is 26.4 Å². The SMILES string of the molecule is CCCCCCCC/C=C/CCCCCCCCCCCCCC(=O)O[C@H](COC(=O)CCCCCCCCCCC/C=C/CCCCCCCC)COP(=O)(O)OC[C@@H](O)CO. The number of allylic oxidation sites excluding steroid dienone is 4. The van der Waals surface area contributed by atoms with Gasteiger partial charge in [0.1, 0.15) is 12.7 Å². The van der Waals surface area contributed by atoms with E-state index in [2.05, 4.69) is 38.2 Å². The average Bonchev–Trinajstić information content (AvgIpc) is 3.27. The maximum atomic E-state index is 12.7. The topological polar surface area (TPSA) is 149 Å². The number of phosphoric ester groups is 1. The molecule has 0 aromatic carbocycles. The number of carbonyl (C=O) groups excluding carboxylic acids is 2. The van der Waals surface area contributed by atoms with Gasteiger partial charge >= 0.3 is 19.8 Å². The molecule has 3 atom stereocenters. The summed E-state index contributed by atoms with van der Waals surface area (Å²) in [6, 6.07) is 0. The Labute approximate surface area is 387 Å². The van der Waals surface area contributed by atoms with Crippen LogP contribution in [0.2, 0.25) is 0 Å². The molecule has 0 amide bonds. The largest absolute Gasteiger partial charge is 0.472 e. The summed E-state index contributed by atoms with van der Waals surface area (Å²) >= 11 is 0. The van der Waals surface area contributed by atoms with Crippen molar-refractivity contribution in [3.63, 3.8) is 0 Å². The number of esters is 2. The normalized spacial score (nSPS) is 13.8. The molecule has 1 unspecified atom stereocenters. The fourth-order valence-corrected chi connectivity index (χ4v) is 8.30. The van der Waals surface area contributed by atoms with E-state index < -0.39 is 51.8 Å². The molecule has 0 aliphatic rings. The molecule has 10 nitrogen and oxygen atoms in total. The smallest absolute Gasteiger partial charge is 0.462 e. The number of phosphoric acid groups is 1. The molecule has 0 aliphatic carbocycles. The Morgan fingerprint density at radius 1 is 0.460 bits per heavy atom.